The van der Waals surface area contributed by atoms with Gasteiger partial charge in [-0.15, -0.1) is 54.1 Å². The van der Waals surface area contributed by atoms with E-state index in [0.717, 1.165) is 68.4 Å². The number of furan rings is 1. The average molecular weight is 811 g/mol. The molecule has 47 heavy (non-hydrogen) atoms. The monoisotopic (exact) mass is 811 g/mol. The molecule has 0 N–H and O–H groups in total. The van der Waals surface area contributed by atoms with Crippen LogP contribution in [0.3, 0.4) is 0 Å². The predicted molar refractivity (Wildman–Crippen MR) is 189 cm³/mol. The Kier molecular flexibility index (Phi) is 9.65. The number of nitrogens with zero attached hydrogens (tertiary/aromatic N) is 2. The molecule has 0 unspecified atom stereocenters. The zero-order valence-corrected chi connectivity index (χ0v) is 30.1. The second-order valence-corrected chi connectivity index (χ2v) is 18.0. The van der Waals surface area contributed by atoms with Crippen LogP contribution in [-0.2, 0) is 32.9 Å². The largest absolute Gasteiger partial charge is 0.501 e. The molecular weight excluding hydrogens is 776 g/mol. The van der Waals surface area contributed by atoms with Crippen molar-refractivity contribution in [3.8, 4) is 33.6 Å². The van der Waals surface area contributed by atoms with Gasteiger partial charge in [0.15, 0.2) is 0 Å². The van der Waals surface area contributed by atoms with E-state index in [9.17, 15) is 4.39 Å². The Morgan fingerprint density at radius 1 is 0.766 bits per heavy atom. The normalized spacial score (nSPS) is 12.6. The van der Waals surface area contributed by atoms with Gasteiger partial charge in [0.2, 0.25) is 0 Å². The van der Waals surface area contributed by atoms with Crippen molar-refractivity contribution in [2.75, 3.05) is 0 Å². The van der Waals surface area contributed by atoms with Gasteiger partial charge in [0.25, 0.3) is 0 Å². The molecule has 0 atom stereocenters. The fraction of sp³-hybridized carbons (Fsp3) is 0.171. The summed E-state index contributed by atoms with van der Waals surface area (Å²) in [7, 11) is -1.23. The summed E-state index contributed by atoms with van der Waals surface area (Å²) in [5.74, 6) is -0.234. The van der Waals surface area contributed by atoms with E-state index in [4.69, 9.17) is 9.40 Å². The maximum Gasteiger partial charge on any atom is 0.123 e. The van der Waals surface area contributed by atoms with Crippen LogP contribution in [0.1, 0.15) is 24.0 Å². The molecule has 6 heteroatoms. The van der Waals surface area contributed by atoms with Crippen LogP contribution in [0.2, 0.25) is 19.6 Å². The Hall–Kier alpha value is -4.22. The molecule has 7 aromatic rings. The molecule has 1 aliphatic carbocycles. The van der Waals surface area contributed by atoms with Gasteiger partial charge in [0.05, 0.1) is 13.7 Å². The van der Waals surface area contributed by atoms with Gasteiger partial charge >= 0.3 is 0 Å². The van der Waals surface area contributed by atoms with Crippen molar-refractivity contribution < 1.29 is 28.9 Å². The molecule has 0 amide bonds. The number of fused-ring (bicyclic) bond motifs is 4. The van der Waals surface area contributed by atoms with Crippen molar-refractivity contribution in [3.63, 3.8) is 0 Å². The van der Waals surface area contributed by atoms with Gasteiger partial charge in [-0.2, -0.15) is 0 Å². The van der Waals surface area contributed by atoms with E-state index in [2.05, 4.69) is 73.2 Å². The summed E-state index contributed by atoms with van der Waals surface area (Å²) < 4.78 is 19.7. The quantitative estimate of drug-likeness (QED) is 0.131. The molecule has 0 saturated heterocycles. The van der Waals surface area contributed by atoms with Crippen molar-refractivity contribution >= 4 is 35.2 Å². The fourth-order valence-electron chi connectivity index (χ4n) is 6.17. The van der Waals surface area contributed by atoms with Gasteiger partial charge in [-0.25, -0.2) is 4.39 Å². The molecule has 1 aliphatic rings. The molecule has 4 aromatic carbocycles. The van der Waals surface area contributed by atoms with Crippen molar-refractivity contribution in [3.05, 3.63) is 139 Å². The molecule has 8 rings (SSSR count). The Morgan fingerprint density at radius 2 is 1.57 bits per heavy atom. The maximum absolute atomic E-state index is 13.3. The molecule has 3 aromatic heterocycles. The summed E-state index contributed by atoms with van der Waals surface area (Å²) in [5, 5.41) is 3.53. The van der Waals surface area contributed by atoms with E-state index in [1.807, 2.05) is 48.8 Å². The van der Waals surface area contributed by atoms with Crippen molar-refractivity contribution in [2.24, 2.45) is 0 Å². The van der Waals surface area contributed by atoms with Gasteiger partial charge in [-0.1, -0.05) is 78.1 Å². The van der Waals surface area contributed by atoms with Gasteiger partial charge in [-0.05, 0) is 77.7 Å². The first-order valence-corrected chi connectivity index (χ1v) is 19.4. The van der Waals surface area contributed by atoms with Crippen molar-refractivity contribution in [1.82, 2.24) is 9.97 Å². The number of rotatable bonds is 4. The Labute approximate surface area is 290 Å². The summed E-state index contributed by atoms with van der Waals surface area (Å²) in [5.41, 5.74) is 10.3. The molecule has 0 spiro atoms. The van der Waals surface area contributed by atoms with Crippen LogP contribution >= 0.6 is 0 Å². The Bertz CT molecular complexity index is 2140. The standard InChI is InChI=1S/C27H19FNO.C14H16NSi.Ir/c28-20-11-8-17(9-12-20)19-10-13-22-23-6-3-7-24(27(23)30-25(22)16-19)26-21-5-2-1-4-18(21)14-15-29-26;1-16(2,3)13-9-10-14(15-11-13)12-7-5-4-6-8-12;/h3,6,8-16H,1-2,4-5H2;4-7,9-11H,1-3H3;/q2*-1;. The molecule has 1 radical (unpaired) electrons. The third kappa shape index (κ3) is 6.91. The Balaban J connectivity index is 0.000000194. The Morgan fingerprint density at radius 3 is 2.32 bits per heavy atom. The number of pyridine rings is 2. The van der Waals surface area contributed by atoms with Crippen LogP contribution in [-0.4, -0.2) is 18.0 Å². The fourth-order valence-corrected chi connectivity index (χ4v) is 7.20. The van der Waals surface area contributed by atoms with Crippen molar-refractivity contribution in [1.29, 1.82) is 0 Å². The van der Waals surface area contributed by atoms with Crippen LogP contribution in [0.25, 0.3) is 55.6 Å². The van der Waals surface area contributed by atoms with E-state index < -0.39 is 8.07 Å². The van der Waals surface area contributed by atoms with Crippen LogP contribution in [0.5, 0.6) is 0 Å². The van der Waals surface area contributed by atoms with E-state index >= 15 is 0 Å². The van der Waals surface area contributed by atoms with Crippen molar-refractivity contribution in [2.45, 2.75) is 45.3 Å². The first-order valence-electron chi connectivity index (χ1n) is 15.9. The van der Waals surface area contributed by atoms with Gasteiger partial charge in [-0.3, -0.25) is 0 Å². The number of aryl methyl sites for hydroxylation is 1. The SMILES string of the molecule is C[Si](C)(C)c1ccc(-c2[c-]cccc2)nc1.Fc1ccc(-c2ccc3c(c2)oc2c(-c4nccc5c4CCCC5)[c-]ccc23)cc1.[Ir]. The van der Waals surface area contributed by atoms with Crippen LogP contribution < -0.4 is 5.19 Å². The molecule has 0 aliphatic heterocycles. The molecule has 0 bridgehead atoms. The number of hydrogen-bond donors (Lipinski definition) is 0. The van der Waals surface area contributed by atoms with Crippen LogP contribution in [0.4, 0.5) is 4.39 Å². The second-order valence-electron chi connectivity index (χ2n) is 12.9. The van der Waals surface area contributed by atoms with Crippen LogP contribution in [0, 0.1) is 17.9 Å². The summed E-state index contributed by atoms with van der Waals surface area (Å²) in [6, 6.07) is 37.7. The van der Waals surface area contributed by atoms with Gasteiger partial charge < -0.3 is 14.4 Å². The summed E-state index contributed by atoms with van der Waals surface area (Å²) >= 11 is 0. The molecule has 3 nitrogen and oxygen atoms in total. The topological polar surface area (TPSA) is 38.9 Å². The summed E-state index contributed by atoms with van der Waals surface area (Å²) in [6.45, 7) is 7.00. The van der Waals surface area contributed by atoms with E-state index in [1.54, 1.807) is 12.1 Å². The molecule has 0 fully saturated rings. The second kappa shape index (κ2) is 13.9. The molecule has 237 valence electrons. The third-order valence-corrected chi connectivity index (χ3v) is 10.8. The molecular formula is C41H35FIrN2OSi-2. The predicted octanol–water partition coefficient (Wildman–Crippen LogP) is 10.2. The minimum absolute atomic E-state index is 0. The molecule has 3 heterocycles. The maximum atomic E-state index is 13.3. The van der Waals surface area contributed by atoms with Gasteiger partial charge in [0.1, 0.15) is 11.4 Å². The van der Waals surface area contributed by atoms with Crippen LogP contribution in [0.15, 0.2) is 114 Å². The third-order valence-electron chi connectivity index (χ3n) is 8.74. The van der Waals surface area contributed by atoms with E-state index in [-0.39, 0.29) is 25.9 Å². The van der Waals surface area contributed by atoms with Gasteiger partial charge in [0, 0.05) is 37.9 Å². The minimum Gasteiger partial charge on any atom is -0.501 e. The summed E-state index contributed by atoms with van der Waals surface area (Å²) in [4.78, 5) is 9.25. The van der Waals surface area contributed by atoms with E-state index in [0.29, 0.717) is 0 Å². The molecule has 0 saturated carbocycles. The smallest absolute Gasteiger partial charge is 0.123 e. The number of halogens is 1. The van der Waals surface area contributed by atoms with E-state index in [1.165, 1.54) is 41.3 Å². The first kappa shape index (κ1) is 32.7. The first-order chi connectivity index (χ1) is 22.3. The number of hydrogen-bond acceptors (Lipinski definition) is 3. The number of aromatic nitrogens is 2. The average Bonchev–Trinajstić information content (AvgIpc) is 3.47. The zero-order valence-electron chi connectivity index (χ0n) is 26.7. The minimum atomic E-state index is -1.23. The summed E-state index contributed by atoms with van der Waals surface area (Å²) in [6.07, 6.45) is 8.52. The zero-order chi connectivity index (χ0) is 31.7. The number of benzene rings is 4.